The molecule has 3 nitrogen and oxygen atoms in total. The Labute approximate surface area is 93.3 Å². The average Bonchev–Trinajstić information content (AvgIpc) is 2.04. The third kappa shape index (κ3) is 2.68. The van der Waals surface area contributed by atoms with Gasteiger partial charge in [-0.25, -0.2) is 0 Å². The Kier molecular flexibility index (Phi) is 5.33. The summed E-state index contributed by atoms with van der Waals surface area (Å²) < 4.78 is 4.81. The topological polar surface area (TPSA) is 52.5 Å². The van der Waals surface area contributed by atoms with E-state index in [0.717, 1.165) is 0 Å². The summed E-state index contributed by atoms with van der Waals surface area (Å²) in [7, 11) is 1.49. The van der Waals surface area contributed by atoms with Gasteiger partial charge < -0.3 is 14.9 Å². The second-order valence-corrected chi connectivity index (χ2v) is 2.13. The van der Waals surface area contributed by atoms with Gasteiger partial charge in [0.2, 0.25) is 0 Å². The molecule has 0 aliphatic heterocycles. The van der Waals surface area contributed by atoms with Crippen molar-refractivity contribution in [3.63, 3.8) is 0 Å². The van der Waals surface area contributed by atoms with E-state index in [1.807, 2.05) is 0 Å². The summed E-state index contributed by atoms with van der Waals surface area (Å²) in [5.74, 6) is 0.332. The van der Waals surface area contributed by atoms with Crippen molar-refractivity contribution in [3.8, 4) is 11.5 Å². The van der Waals surface area contributed by atoms with E-state index in [1.54, 1.807) is 12.1 Å². The molecule has 0 aliphatic carbocycles. The Morgan fingerprint density at radius 3 is 2.58 bits per heavy atom. The quantitative estimate of drug-likeness (QED) is 0.497. The molecule has 0 spiro atoms. The largest absolute Gasteiger partial charge is 1.00 e. The number of ether oxygens (including phenoxy) is 1. The summed E-state index contributed by atoms with van der Waals surface area (Å²) in [5, 5.41) is 19.6. The van der Waals surface area contributed by atoms with Crippen molar-refractivity contribution < 1.29 is 44.5 Å². The molecule has 1 rings (SSSR count). The number of rotatable bonds is 2. The van der Waals surface area contributed by atoms with E-state index < -0.39 is 0 Å². The monoisotopic (exact) mass is 176 g/mol. The van der Waals surface area contributed by atoms with Crippen LogP contribution >= 0.6 is 0 Å². The molecule has 1 aromatic carbocycles. The van der Waals surface area contributed by atoms with Crippen molar-refractivity contribution in [2.45, 2.75) is 6.61 Å². The van der Waals surface area contributed by atoms with Crippen molar-refractivity contribution in [2.24, 2.45) is 0 Å². The van der Waals surface area contributed by atoms with Gasteiger partial charge in [0.25, 0.3) is 0 Å². The maximum Gasteiger partial charge on any atom is 1.00 e. The molecule has 0 aliphatic rings. The van der Waals surface area contributed by atoms with Crippen LogP contribution in [0, 0.1) is 0 Å². The summed E-state index contributed by atoms with van der Waals surface area (Å²) >= 11 is 0. The van der Waals surface area contributed by atoms with E-state index in [1.165, 1.54) is 13.2 Å². The van der Waals surface area contributed by atoms with Crippen molar-refractivity contribution >= 4 is 0 Å². The zero-order chi connectivity index (χ0) is 8.27. The summed E-state index contributed by atoms with van der Waals surface area (Å²) in [6, 6.07) is 4.56. The van der Waals surface area contributed by atoms with Crippen LogP contribution in [0.4, 0.5) is 0 Å². The molecule has 0 unspecified atom stereocenters. The van der Waals surface area contributed by atoms with Crippen molar-refractivity contribution in [3.05, 3.63) is 23.8 Å². The first-order valence-corrected chi connectivity index (χ1v) is 3.22. The van der Waals surface area contributed by atoms with E-state index >= 15 is 0 Å². The van der Waals surface area contributed by atoms with Crippen LogP contribution in [0.25, 0.3) is 0 Å². The van der Waals surface area contributed by atoms with Crippen LogP contribution in [0.2, 0.25) is 0 Å². The van der Waals surface area contributed by atoms with Gasteiger partial charge in [-0.05, 0) is 17.7 Å². The van der Waals surface area contributed by atoms with E-state index in [2.05, 4.69) is 0 Å². The molecular weight excluding hydrogens is 167 g/mol. The van der Waals surface area contributed by atoms with Gasteiger partial charge in [-0.1, -0.05) is 11.8 Å². The second kappa shape index (κ2) is 5.43. The van der Waals surface area contributed by atoms with Gasteiger partial charge in [0.1, 0.15) is 5.75 Å². The summed E-state index contributed by atoms with van der Waals surface area (Å²) in [4.78, 5) is 0. The van der Waals surface area contributed by atoms with Crippen LogP contribution in [0.1, 0.15) is 5.56 Å². The van der Waals surface area contributed by atoms with Crippen LogP contribution in [-0.4, -0.2) is 12.2 Å². The predicted octanol–water partition coefficient (Wildman–Crippen LogP) is -2.73. The van der Waals surface area contributed by atoms with E-state index in [0.29, 0.717) is 11.3 Å². The maximum absolute atomic E-state index is 11.0. The molecular formula is C8H9NaO3. The first-order chi connectivity index (χ1) is 5.27. The van der Waals surface area contributed by atoms with Crippen molar-refractivity contribution in [1.29, 1.82) is 0 Å². The summed E-state index contributed by atoms with van der Waals surface area (Å²) in [6.07, 6.45) is 0. The fourth-order valence-corrected chi connectivity index (χ4v) is 0.792. The Balaban J connectivity index is 0.00000121. The first kappa shape index (κ1) is 11.8. The molecule has 0 saturated heterocycles. The van der Waals surface area contributed by atoms with Crippen LogP contribution in [0.15, 0.2) is 18.2 Å². The van der Waals surface area contributed by atoms with Crippen molar-refractivity contribution in [2.75, 3.05) is 7.11 Å². The minimum absolute atomic E-state index is 0. The van der Waals surface area contributed by atoms with Gasteiger partial charge in [-0.2, -0.15) is 0 Å². The van der Waals surface area contributed by atoms with Gasteiger partial charge in [-0.3, -0.25) is 0 Å². The molecule has 1 aromatic rings. The molecule has 0 heterocycles. The van der Waals surface area contributed by atoms with E-state index in [4.69, 9.17) is 9.84 Å². The SMILES string of the molecule is COc1ccc(CO)c([O-])c1.[Na+]. The molecule has 0 radical (unpaired) electrons. The normalized spacial score (nSPS) is 8.83. The Hall–Kier alpha value is -0.220. The van der Waals surface area contributed by atoms with Gasteiger partial charge >= 0.3 is 29.6 Å². The number of aliphatic hydroxyl groups excluding tert-OH is 1. The number of hydrogen-bond acceptors (Lipinski definition) is 3. The fraction of sp³-hybridized carbons (Fsp3) is 0.250. The zero-order valence-electron chi connectivity index (χ0n) is 7.20. The Morgan fingerprint density at radius 1 is 1.50 bits per heavy atom. The summed E-state index contributed by atoms with van der Waals surface area (Å²) in [6.45, 7) is -0.219. The van der Waals surface area contributed by atoms with Gasteiger partial charge in [0.15, 0.2) is 0 Å². The van der Waals surface area contributed by atoms with Gasteiger partial charge in [0, 0.05) is 0 Å². The Morgan fingerprint density at radius 2 is 2.17 bits per heavy atom. The maximum atomic E-state index is 11.0. The minimum atomic E-state index is -0.219. The second-order valence-electron chi connectivity index (χ2n) is 2.13. The third-order valence-corrected chi connectivity index (χ3v) is 1.44. The molecule has 60 valence electrons. The standard InChI is InChI=1S/C8H10O3.Na/c1-11-7-3-2-6(5-9)8(10)4-7;/h2-4,9-10H,5H2,1H3;/q;+1/p-1. The minimum Gasteiger partial charge on any atom is -0.872 e. The Bertz CT molecular complexity index is 250. The predicted molar refractivity (Wildman–Crippen MR) is 38.4 cm³/mol. The molecule has 1 N–H and O–H groups in total. The smallest absolute Gasteiger partial charge is 0.872 e. The van der Waals surface area contributed by atoms with Crippen LogP contribution in [0.5, 0.6) is 11.5 Å². The third-order valence-electron chi connectivity index (χ3n) is 1.44. The first-order valence-electron chi connectivity index (χ1n) is 3.22. The molecule has 0 bridgehead atoms. The molecule has 12 heavy (non-hydrogen) atoms. The van der Waals surface area contributed by atoms with Gasteiger partial charge in [0.05, 0.1) is 13.7 Å². The molecule has 0 fully saturated rings. The summed E-state index contributed by atoms with van der Waals surface area (Å²) in [5.41, 5.74) is 0.394. The number of methoxy groups -OCH3 is 1. The molecule has 0 atom stereocenters. The fourth-order valence-electron chi connectivity index (χ4n) is 0.792. The average molecular weight is 176 g/mol. The molecule has 0 amide bonds. The van der Waals surface area contributed by atoms with Crippen molar-refractivity contribution in [1.82, 2.24) is 0 Å². The number of aliphatic hydroxyl groups is 1. The van der Waals surface area contributed by atoms with E-state index in [9.17, 15) is 5.11 Å². The molecule has 0 aromatic heterocycles. The molecule has 0 saturated carbocycles. The van der Waals surface area contributed by atoms with Crippen LogP contribution < -0.4 is 39.4 Å². The number of hydrogen-bond donors (Lipinski definition) is 1. The van der Waals surface area contributed by atoms with Crippen LogP contribution in [-0.2, 0) is 6.61 Å². The molecule has 4 heteroatoms. The van der Waals surface area contributed by atoms with Crippen LogP contribution in [0.3, 0.4) is 0 Å². The number of benzene rings is 1. The van der Waals surface area contributed by atoms with Gasteiger partial charge in [-0.15, -0.1) is 0 Å². The zero-order valence-corrected chi connectivity index (χ0v) is 9.20. The van der Waals surface area contributed by atoms with E-state index in [-0.39, 0.29) is 41.9 Å².